The Balaban J connectivity index is 1.45. The van der Waals surface area contributed by atoms with Crippen molar-refractivity contribution in [2.75, 3.05) is 29.7 Å². The Bertz CT molecular complexity index is 1080. The zero-order valence-electron chi connectivity index (χ0n) is 17.3. The van der Waals surface area contributed by atoms with Gasteiger partial charge in [0.15, 0.2) is 5.58 Å². The smallest absolute Gasteiger partial charge is 0.261 e. The molecular formula is C23H29N3O3S. The van der Waals surface area contributed by atoms with Crippen LogP contribution in [0.1, 0.15) is 32.6 Å². The van der Waals surface area contributed by atoms with Crippen molar-refractivity contribution >= 4 is 32.4 Å². The molecule has 0 saturated carbocycles. The minimum atomic E-state index is -3.64. The first-order chi connectivity index (χ1) is 14.5. The predicted octanol–water partition coefficient (Wildman–Crippen LogP) is 4.91. The Morgan fingerprint density at radius 3 is 2.77 bits per heavy atom. The first-order valence-corrected chi connectivity index (χ1v) is 12.1. The number of hydrogen-bond donors (Lipinski definition) is 2. The number of nitrogens with zero attached hydrogens (tertiary/aromatic N) is 1. The van der Waals surface area contributed by atoms with E-state index >= 15 is 0 Å². The average molecular weight is 428 g/mol. The molecule has 2 N–H and O–H groups in total. The van der Waals surface area contributed by atoms with Crippen molar-refractivity contribution in [2.45, 2.75) is 43.5 Å². The molecule has 160 valence electrons. The molecule has 0 spiro atoms. The van der Waals surface area contributed by atoms with Crippen molar-refractivity contribution < 1.29 is 12.8 Å². The molecule has 1 fully saturated rings. The van der Waals surface area contributed by atoms with Crippen LogP contribution in [-0.2, 0) is 10.0 Å². The second kappa shape index (κ2) is 9.10. The molecule has 1 aromatic heterocycles. The highest BCUT2D eigenvalue weighted by atomic mass is 32.2. The van der Waals surface area contributed by atoms with E-state index in [0.29, 0.717) is 11.7 Å². The monoisotopic (exact) mass is 427 g/mol. The molecule has 1 unspecified atom stereocenters. The lowest BCUT2D eigenvalue weighted by Gasteiger charge is -2.33. The molecule has 0 bridgehead atoms. The van der Waals surface area contributed by atoms with Gasteiger partial charge in [0.2, 0.25) is 0 Å². The number of sulfonamides is 1. The highest BCUT2D eigenvalue weighted by molar-refractivity contribution is 7.92. The molecule has 30 heavy (non-hydrogen) atoms. The van der Waals surface area contributed by atoms with Crippen LogP contribution in [0.5, 0.6) is 0 Å². The van der Waals surface area contributed by atoms with Crippen LogP contribution in [0.3, 0.4) is 0 Å². The predicted molar refractivity (Wildman–Crippen MR) is 121 cm³/mol. The van der Waals surface area contributed by atoms with Crippen LogP contribution >= 0.6 is 0 Å². The number of piperidine rings is 1. The number of hydrogen-bond acceptors (Lipinski definition) is 5. The van der Waals surface area contributed by atoms with E-state index in [1.54, 1.807) is 48.7 Å². The van der Waals surface area contributed by atoms with E-state index in [2.05, 4.69) is 21.9 Å². The third-order valence-corrected chi connectivity index (χ3v) is 7.13. The van der Waals surface area contributed by atoms with Crippen LogP contribution in [0, 0.1) is 0 Å². The molecule has 1 atom stereocenters. The van der Waals surface area contributed by atoms with Gasteiger partial charge in [-0.1, -0.05) is 24.6 Å². The molecule has 4 rings (SSSR count). The largest absolute Gasteiger partial charge is 0.462 e. The molecule has 0 amide bonds. The van der Waals surface area contributed by atoms with Gasteiger partial charge < -0.3 is 14.6 Å². The lowest BCUT2D eigenvalue weighted by atomic mass is 10.0. The normalized spacial score (nSPS) is 17.8. The molecule has 7 heteroatoms. The molecule has 1 saturated heterocycles. The molecule has 3 aromatic rings. The first kappa shape index (κ1) is 20.8. The summed E-state index contributed by atoms with van der Waals surface area (Å²) in [6.07, 6.45) is 6.55. The van der Waals surface area contributed by atoms with Crippen molar-refractivity contribution in [1.29, 1.82) is 0 Å². The number of rotatable bonds is 8. The van der Waals surface area contributed by atoms with Gasteiger partial charge in [-0.15, -0.1) is 0 Å². The Morgan fingerprint density at radius 1 is 1.13 bits per heavy atom. The van der Waals surface area contributed by atoms with Crippen LogP contribution < -0.4 is 10.0 Å². The average Bonchev–Trinajstić information content (AvgIpc) is 3.21. The van der Waals surface area contributed by atoms with E-state index in [1.807, 2.05) is 6.07 Å². The molecule has 2 aromatic carbocycles. The highest BCUT2D eigenvalue weighted by Gasteiger charge is 2.18. The van der Waals surface area contributed by atoms with Crippen molar-refractivity contribution in [3.63, 3.8) is 0 Å². The summed E-state index contributed by atoms with van der Waals surface area (Å²) in [4.78, 5) is 2.79. The standard InChI is InChI=1S/C23H29N3O3S/c1-18-8-5-6-13-26(18)14-7-12-24-22-17-20(16-19-11-15-29-23(19)22)25-30(27,28)21-9-3-2-4-10-21/h2-4,9-11,15-18,24-25H,5-8,12-14H2,1H3. The maximum atomic E-state index is 12.7. The number of nitrogens with one attached hydrogen (secondary N) is 2. The number of likely N-dealkylation sites (tertiary alicyclic amines) is 1. The summed E-state index contributed by atoms with van der Waals surface area (Å²) >= 11 is 0. The highest BCUT2D eigenvalue weighted by Crippen LogP contribution is 2.30. The van der Waals surface area contributed by atoms with Gasteiger partial charge in [0, 0.05) is 24.5 Å². The van der Waals surface area contributed by atoms with Crippen molar-refractivity contribution in [3.8, 4) is 0 Å². The number of anilines is 2. The van der Waals surface area contributed by atoms with Gasteiger partial charge in [0.1, 0.15) is 0 Å². The second-order valence-corrected chi connectivity index (χ2v) is 9.62. The summed E-state index contributed by atoms with van der Waals surface area (Å²) < 4.78 is 33.7. The summed E-state index contributed by atoms with van der Waals surface area (Å²) in [5.41, 5.74) is 2.05. The Morgan fingerprint density at radius 2 is 1.97 bits per heavy atom. The van der Waals surface area contributed by atoms with Gasteiger partial charge in [-0.3, -0.25) is 4.72 Å². The minimum Gasteiger partial charge on any atom is -0.462 e. The summed E-state index contributed by atoms with van der Waals surface area (Å²) in [5, 5.41) is 4.30. The van der Waals surface area contributed by atoms with Gasteiger partial charge >= 0.3 is 0 Å². The maximum absolute atomic E-state index is 12.7. The van der Waals surface area contributed by atoms with Crippen molar-refractivity contribution in [3.05, 3.63) is 54.8 Å². The fraction of sp³-hybridized carbons (Fsp3) is 0.391. The molecule has 1 aliphatic rings. The third-order valence-electron chi connectivity index (χ3n) is 5.73. The van der Waals surface area contributed by atoms with Gasteiger partial charge in [-0.05, 0) is 63.1 Å². The van der Waals surface area contributed by atoms with E-state index in [0.717, 1.165) is 36.2 Å². The zero-order valence-corrected chi connectivity index (χ0v) is 18.1. The Labute approximate surface area is 178 Å². The molecule has 0 radical (unpaired) electrons. The molecular weight excluding hydrogens is 398 g/mol. The van der Waals surface area contributed by atoms with E-state index in [-0.39, 0.29) is 4.90 Å². The quantitative estimate of drug-likeness (QED) is 0.500. The topological polar surface area (TPSA) is 74.6 Å². The van der Waals surface area contributed by atoms with Gasteiger partial charge in [-0.2, -0.15) is 0 Å². The number of benzene rings is 2. The summed E-state index contributed by atoms with van der Waals surface area (Å²) in [5.74, 6) is 0. The number of furan rings is 1. The summed E-state index contributed by atoms with van der Waals surface area (Å²) in [7, 11) is -3.64. The fourth-order valence-corrected chi connectivity index (χ4v) is 5.14. The number of fused-ring (bicyclic) bond motifs is 1. The molecule has 1 aliphatic heterocycles. The summed E-state index contributed by atoms with van der Waals surface area (Å²) in [6.45, 7) is 5.35. The van der Waals surface area contributed by atoms with Crippen LogP contribution in [0.15, 0.2) is 64.1 Å². The first-order valence-electron chi connectivity index (χ1n) is 10.6. The maximum Gasteiger partial charge on any atom is 0.261 e. The Kier molecular flexibility index (Phi) is 6.29. The van der Waals surface area contributed by atoms with Crippen molar-refractivity contribution in [2.24, 2.45) is 0 Å². The Hall–Kier alpha value is -2.51. The third kappa shape index (κ3) is 4.79. The zero-order chi connectivity index (χ0) is 21.0. The summed E-state index contributed by atoms with van der Waals surface area (Å²) in [6, 6.07) is 14.5. The second-order valence-electron chi connectivity index (χ2n) is 7.94. The van der Waals surface area contributed by atoms with Crippen LogP contribution in [-0.4, -0.2) is 39.0 Å². The van der Waals surface area contributed by atoms with Gasteiger partial charge in [-0.25, -0.2) is 8.42 Å². The van der Waals surface area contributed by atoms with Crippen LogP contribution in [0.2, 0.25) is 0 Å². The van der Waals surface area contributed by atoms with Crippen molar-refractivity contribution in [1.82, 2.24) is 4.90 Å². The van der Waals surface area contributed by atoms with E-state index in [4.69, 9.17) is 4.42 Å². The van der Waals surface area contributed by atoms with Crippen LogP contribution in [0.25, 0.3) is 11.0 Å². The molecule has 6 nitrogen and oxygen atoms in total. The lowest BCUT2D eigenvalue weighted by Crippen LogP contribution is -2.38. The molecule has 2 heterocycles. The van der Waals surface area contributed by atoms with Gasteiger partial charge in [0.05, 0.1) is 22.5 Å². The van der Waals surface area contributed by atoms with Crippen LogP contribution in [0.4, 0.5) is 11.4 Å². The SMILES string of the molecule is CC1CCCCN1CCCNc1cc(NS(=O)(=O)c2ccccc2)cc2ccoc12. The molecule has 0 aliphatic carbocycles. The van der Waals surface area contributed by atoms with E-state index < -0.39 is 10.0 Å². The van der Waals surface area contributed by atoms with Gasteiger partial charge in [0.25, 0.3) is 10.0 Å². The minimum absolute atomic E-state index is 0.238. The lowest BCUT2D eigenvalue weighted by molar-refractivity contribution is 0.160. The van der Waals surface area contributed by atoms with E-state index in [9.17, 15) is 8.42 Å². The fourth-order valence-electron chi connectivity index (χ4n) is 4.08. The van der Waals surface area contributed by atoms with E-state index in [1.165, 1.54) is 25.8 Å².